The predicted octanol–water partition coefficient (Wildman–Crippen LogP) is 5.94. The van der Waals surface area contributed by atoms with E-state index in [-0.39, 0.29) is 11.6 Å². The summed E-state index contributed by atoms with van der Waals surface area (Å²) in [6.07, 6.45) is 0. The van der Waals surface area contributed by atoms with E-state index in [1.807, 2.05) is 36.4 Å². The minimum absolute atomic E-state index is 0.0657. The summed E-state index contributed by atoms with van der Waals surface area (Å²) in [5.41, 5.74) is 2.34. The van der Waals surface area contributed by atoms with Crippen molar-refractivity contribution in [1.29, 1.82) is 0 Å². The second kappa shape index (κ2) is 8.36. The highest BCUT2D eigenvalue weighted by Gasteiger charge is 2.12. The van der Waals surface area contributed by atoms with Crippen LogP contribution in [0.3, 0.4) is 0 Å². The average molecular weight is 378 g/mol. The lowest BCUT2D eigenvalue weighted by Crippen LogP contribution is -2.02. The topological polar surface area (TPSA) is 43.4 Å². The van der Waals surface area contributed by atoms with Crippen molar-refractivity contribution in [3.8, 4) is 11.5 Å². The Labute approximate surface area is 169 Å². The largest absolute Gasteiger partial charge is 0.457 e. The molecule has 0 radical (unpaired) electrons. The molecule has 4 rings (SSSR count). The highest BCUT2D eigenvalue weighted by atomic mass is 16.5. The number of benzene rings is 4. The van der Waals surface area contributed by atoms with Crippen molar-refractivity contribution in [1.82, 2.24) is 0 Å². The molecule has 0 heterocycles. The molecule has 0 saturated heterocycles. The monoisotopic (exact) mass is 378 g/mol. The summed E-state index contributed by atoms with van der Waals surface area (Å²) < 4.78 is 5.93. The summed E-state index contributed by atoms with van der Waals surface area (Å²) in [5, 5.41) is 0. The minimum atomic E-state index is -0.0657. The number of carbonyl (C=O) groups is 2. The van der Waals surface area contributed by atoms with Gasteiger partial charge in [0.15, 0.2) is 11.6 Å². The molecule has 0 unspecified atom stereocenters. The Bertz CT molecular complexity index is 1060. The molecular weight excluding hydrogens is 360 g/mol. The molecule has 4 aromatic rings. The lowest BCUT2D eigenvalue weighted by atomic mass is 10.0. The molecular formula is C26H18O3. The molecule has 0 aromatic heterocycles. The fourth-order valence-electron chi connectivity index (χ4n) is 3.05. The lowest BCUT2D eigenvalue weighted by molar-refractivity contribution is 0.103. The zero-order valence-electron chi connectivity index (χ0n) is 15.6. The first-order valence-electron chi connectivity index (χ1n) is 9.28. The summed E-state index contributed by atoms with van der Waals surface area (Å²) in [4.78, 5) is 25.3. The zero-order valence-corrected chi connectivity index (χ0v) is 15.6. The van der Waals surface area contributed by atoms with Crippen LogP contribution in [0.5, 0.6) is 11.5 Å². The van der Waals surface area contributed by atoms with Crippen LogP contribution in [0.4, 0.5) is 0 Å². The van der Waals surface area contributed by atoms with Gasteiger partial charge in [-0.1, -0.05) is 84.9 Å². The lowest BCUT2D eigenvalue weighted by Gasteiger charge is -2.09. The standard InChI is InChI=1S/C26H18O3/c27-25(19-9-3-1-4-10-19)21-13-7-15-23(17-21)29-24-16-8-14-22(18-24)26(28)20-11-5-2-6-12-20/h1-18H. The molecule has 3 heteroatoms. The maximum Gasteiger partial charge on any atom is 0.193 e. The van der Waals surface area contributed by atoms with Crippen LogP contribution in [0.2, 0.25) is 0 Å². The summed E-state index contributed by atoms with van der Waals surface area (Å²) in [6, 6.07) is 32.3. The number of carbonyl (C=O) groups excluding carboxylic acids is 2. The van der Waals surface area contributed by atoms with Crippen molar-refractivity contribution in [2.24, 2.45) is 0 Å². The number of hydrogen-bond donors (Lipinski definition) is 0. The van der Waals surface area contributed by atoms with Gasteiger partial charge in [0.25, 0.3) is 0 Å². The maximum atomic E-state index is 12.7. The first-order valence-corrected chi connectivity index (χ1v) is 9.28. The normalized spacial score (nSPS) is 10.3. The molecule has 140 valence electrons. The molecule has 0 aliphatic heterocycles. The maximum absolute atomic E-state index is 12.7. The smallest absolute Gasteiger partial charge is 0.193 e. The van der Waals surface area contributed by atoms with Gasteiger partial charge in [0.1, 0.15) is 11.5 Å². The predicted molar refractivity (Wildman–Crippen MR) is 113 cm³/mol. The Morgan fingerprint density at radius 2 is 0.828 bits per heavy atom. The molecule has 0 spiro atoms. The highest BCUT2D eigenvalue weighted by molar-refractivity contribution is 6.09. The molecule has 0 aliphatic carbocycles. The number of rotatable bonds is 6. The van der Waals surface area contributed by atoms with Gasteiger partial charge in [-0.3, -0.25) is 9.59 Å². The third kappa shape index (κ3) is 4.30. The molecule has 0 amide bonds. The van der Waals surface area contributed by atoms with E-state index in [1.165, 1.54) is 0 Å². The number of ketones is 2. The van der Waals surface area contributed by atoms with E-state index < -0.39 is 0 Å². The molecule has 0 saturated carbocycles. The summed E-state index contributed by atoms with van der Waals surface area (Å²) in [7, 11) is 0. The average Bonchev–Trinajstić information content (AvgIpc) is 2.79. The SMILES string of the molecule is O=C(c1ccccc1)c1cccc(Oc2cccc(C(=O)c3ccccc3)c2)c1. The molecule has 0 bridgehead atoms. The van der Waals surface area contributed by atoms with Gasteiger partial charge in [0.05, 0.1) is 0 Å². The fourth-order valence-corrected chi connectivity index (χ4v) is 3.05. The van der Waals surface area contributed by atoms with E-state index in [2.05, 4.69) is 0 Å². The van der Waals surface area contributed by atoms with Gasteiger partial charge in [0.2, 0.25) is 0 Å². The van der Waals surface area contributed by atoms with E-state index in [0.29, 0.717) is 33.8 Å². The minimum Gasteiger partial charge on any atom is -0.457 e. The third-order valence-electron chi connectivity index (χ3n) is 4.50. The van der Waals surface area contributed by atoms with Crippen LogP contribution in [0.1, 0.15) is 31.8 Å². The molecule has 0 atom stereocenters. The van der Waals surface area contributed by atoms with Gasteiger partial charge in [-0.05, 0) is 24.3 Å². The van der Waals surface area contributed by atoms with E-state index in [9.17, 15) is 9.59 Å². The first-order chi connectivity index (χ1) is 14.2. The Hall–Kier alpha value is -3.98. The second-order valence-corrected chi connectivity index (χ2v) is 6.55. The molecule has 0 N–H and O–H groups in total. The van der Waals surface area contributed by atoms with E-state index in [4.69, 9.17) is 4.74 Å². The molecule has 0 aliphatic rings. The Kier molecular flexibility index (Phi) is 5.30. The van der Waals surface area contributed by atoms with Crippen LogP contribution in [0, 0.1) is 0 Å². The Morgan fingerprint density at radius 3 is 1.24 bits per heavy atom. The van der Waals surface area contributed by atoms with Crippen molar-refractivity contribution >= 4 is 11.6 Å². The van der Waals surface area contributed by atoms with Gasteiger partial charge in [-0.2, -0.15) is 0 Å². The van der Waals surface area contributed by atoms with Crippen LogP contribution in [-0.4, -0.2) is 11.6 Å². The van der Waals surface area contributed by atoms with Gasteiger partial charge < -0.3 is 4.74 Å². The van der Waals surface area contributed by atoms with Crippen molar-refractivity contribution in [2.45, 2.75) is 0 Å². The van der Waals surface area contributed by atoms with Gasteiger partial charge in [-0.15, -0.1) is 0 Å². The summed E-state index contributed by atoms with van der Waals surface area (Å²) in [6.45, 7) is 0. The summed E-state index contributed by atoms with van der Waals surface area (Å²) in [5.74, 6) is 0.945. The summed E-state index contributed by atoms with van der Waals surface area (Å²) >= 11 is 0. The van der Waals surface area contributed by atoms with Crippen molar-refractivity contribution in [3.63, 3.8) is 0 Å². The second-order valence-electron chi connectivity index (χ2n) is 6.55. The zero-order chi connectivity index (χ0) is 20.1. The Balaban J connectivity index is 1.56. The van der Waals surface area contributed by atoms with E-state index in [0.717, 1.165) is 0 Å². The third-order valence-corrected chi connectivity index (χ3v) is 4.50. The Morgan fingerprint density at radius 1 is 0.448 bits per heavy atom. The number of ether oxygens (including phenoxy) is 1. The van der Waals surface area contributed by atoms with Gasteiger partial charge >= 0.3 is 0 Å². The quantitative estimate of drug-likeness (QED) is 0.390. The fraction of sp³-hybridized carbons (Fsp3) is 0. The number of hydrogen-bond acceptors (Lipinski definition) is 3. The van der Waals surface area contributed by atoms with E-state index in [1.54, 1.807) is 72.8 Å². The molecule has 3 nitrogen and oxygen atoms in total. The van der Waals surface area contributed by atoms with Crippen molar-refractivity contribution in [2.75, 3.05) is 0 Å². The van der Waals surface area contributed by atoms with Crippen LogP contribution in [0.25, 0.3) is 0 Å². The van der Waals surface area contributed by atoms with Gasteiger partial charge in [0, 0.05) is 22.3 Å². The van der Waals surface area contributed by atoms with E-state index >= 15 is 0 Å². The van der Waals surface area contributed by atoms with Crippen LogP contribution < -0.4 is 4.74 Å². The van der Waals surface area contributed by atoms with Crippen LogP contribution >= 0.6 is 0 Å². The molecule has 0 fully saturated rings. The highest BCUT2D eigenvalue weighted by Crippen LogP contribution is 2.25. The van der Waals surface area contributed by atoms with Crippen molar-refractivity contribution in [3.05, 3.63) is 131 Å². The van der Waals surface area contributed by atoms with Gasteiger partial charge in [-0.25, -0.2) is 0 Å². The van der Waals surface area contributed by atoms with Crippen LogP contribution in [-0.2, 0) is 0 Å². The first kappa shape index (κ1) is 18.4. The van der Waals surface area contributed by atoms with Crippen molar-refractivity contribution < 1.29 is 14.3 Å². The van der Waals surface area contributed by atoms with Crippen LogP contribution in [0.15, 0.2) is 109 Å². The molecule has 4 aromatic carbocycles. The molecule has 29 heavy (non-hydrogen) atoms.